The van der Waals surface area contributed by atoms with Gasteiger partial charge in [-0.1, -0.05) is 13.0 Å². The molecular formula is C23H35N3O4. The third-order valence-corrected chi connectivity index (χ3v) is 6.39. The Morgan fingerprint density at radius 2 is 2.00 bits per heavy atom. The molecule has 0 spiro atoms. The Morgan fingerprint density at radius 3 is 2.70 bits per heavy atom. The molecule has 7 nitrogen and oxygen atoms in total. The lowest BCUT2D eigenvalue weighted by Crippen LogP contribution is -2.36. The lowest BCUT2D eigenvalue weighted by atomic mass is 9.83. The fourth-order valence-corrected chi connectivity index (χ4v) is 4.39. The maximum atomic E-state index is 12.6. The third-order valence-electron chi connectivity index (χ3n) is 6.39. The van der Waals surface area contributed by atoms with Crippen molar-refractivity contribution in [2.75, 3.05) is 44.2 Å². The van der Waals surface area contributed by atoms with E-state index in [0.29, 0.717) is 24.6 Å². The van der Waals surface area contributed by atoms with Crippen LogP contribution < -0.4 is 20.3 Å². The Bertz CT molecular complexity index is 729. The van der Waals surface area contributed by atoms with E-state index in [1.165, 1.54) is 0 Å². The minimum atomic E-state index is -0.408. The number of anilines is 1. The van der Waals surface area contributed by atoms with Crippen molar-refractivity contribution in [3.8, 4) is 5.75 Å². The van der Waals surface area contributed by atoms with Crippen LogP contribution in [0.4, 0.5) is 10.5 Å². The normalized spacial score (nSPS) is 21.5. The molecule has 2 atom stereocenters. The molecule has 2 heterocycles. The fourth-order valence-electron chi connectivity index (χ4n) is 4.39. The standard InChI is InChI=1S/C23H35N3O4/c1-4-26(5-2)18-6-7-19-16(3)20(22(27)30-21(19)14-18)10-13-29-23(28)25-15-17-8-11-24-12-9-17/h6-7,14,16-17,20,24H,4-5,8-13,15H2,1-3H3,(H,25,28). The van der Waals surface area contributed by atoms with E-state index in [1.807, 2.05) is 13.0 Å². The van der Waals surface area contributed by atoms with Crippen molar-refractivity contribution in [2.45, 2.75) is 46.0 Å². The van der Waals surface area contributed by atoms with Gasteiger partial charge in [-0.05, 0) is 69.7 Å². The molecule has 2 unspecified atom stereocenters. The van der Waals surface area contributed by atoms with Crippen molar-refractivity contribution in [1.29, 1.82) is 0 Å². The highest BCUT2D eigenvalue weighted by atomic mass is 16.6. The van der Waals surface area contributed by atoms with Crippen LogP contribution in [0, 0.1) is 11.8 Å². The van der Waals surface area contributed by atoms with Crippen molar-refractivity contribution < 1.29 is 19.1 Å². The van der Waals surface area contributed by atoms with Gasteiger partial charge in [0.1, 0.15) is 5.75 Å². The number of rotatable bonds is 8. The van der Waals surface area contributed by atoms with Gasteiger partial charge in [0.05, 0.1) is 12.5 Å². The first kappa shape index (κ1) is 22.4. The molecule has 1 amide bonds. The van der Waals surface area contributed by atoms with Crippen LogP contribution in [0.2, 0.25) is 0 Å². The Hall–Kier alpha value is -2.28. The summed E-state index contributed by atoms with van der Waals surface area (Å²) in [5.41, 5.74) is 2.09. The number of ether oxygens (including phenoxy) is 2. The van der Waals surface area contributed by atoms with E-state index in [4.69, 9.17) is 9.47 Å². The third kappa shape index (κ3) is 5.45. The number of benzene rings is 1. The summed E-state index contributed by atoms with van der Waals surface area (Å²) >= 11 is 0. The first-order valence-electron chi connectivity index (χ1n) is 11.2. The number of nitrogens with zero attached hydrogens (tertiary/aromatic N) is 1. The Balaban J connectivity index is 1.50. The molecule has 1 saturated heterocycles. The summed E-state index contributed by atoms with van der Waals surface area (Å²) in [4.78, 5) is 26.8. The van der Waals surface area contributed by atoms with Crippen LogP contribution in [-0.4, -0.2) is 51.4 Å². The van der Waals surface area contributed by atoms with E-state index >= 15 is 0 Å². The summed E-state index contributed by atoms with van der Waals surface area (Å²) in [6, 6.07) is 6.10. The molecule has 0 aliphatic carbocycles. The predicted octanol–water partition coefficient (Wildman–Crippen LogP) is 3.29. The minimum Gasteiger partial charge on any atom is -0.450 e. The fraction of sp³-hybridized carbons (Fsp3) is 0.652. The van der Waals surface area contributed by atoms with Gasteiger partial charge in [0.2, 0.25) is 0 Å². The summed E-state index contributed by atoms with van der Waals surface area (Å²) in [6.45, 7) is 10.9. The van der Waals surface area contributed by atoms with Crippen molar-refractivity contribution in [1.82, 2.24) is 10.6 Å². The number of piperidine rings is 1. The highest BCUT2D eigenvalue weighted by Crippen LogP contribution is 2.40. The average Bonchev–Trinajstić information content (AvgIpc) is 2.76. The number of fused-ring (bicyclic) bond motifs is 1. The van der Waals surface area contributed by atoms with Gasteiger partial charge in [-0.15, -0.1) is 0 Å². The second-order valence-electron chi connectivity index (χ2n) is 8.21. The maximum absolute atomic E-state index is 12.6. The summed E-state index contributed by atoms with van der Waals surface area (Å²) in [5.74, 6) is 0.617. The molecule has 0 bridgehead atoms. The van der Waals surface area contributed by atoms with E-state index < -0.39 is 6.09 Å². The number of carbonyl (C=O) groups excluding carboxylic acids is 2. The van der Waals surface area contributed by atoms with Crippen LogP contribution in [0.3, 0.4) is 0 Å². The molecule has 0 saturated carbocycles. The van der Waals surface area contributed by atoms with E-state index in [-0.39, 0.29) is 24.4 Å². The molecule has 2 N–H and O–H groups in total. The van der Waals surface area contributed by atoms with Crippen LogP contribution in [0.5, 0.6) is 5.75 Å². The number of alkyl carbamates (subject to hydrolysis) is 1. The second-order valence-corrected chi connectivity index (χ2v) is 8.21. The molecule has 2 aliphatic rings. The molecule has 166 valence electrons. The van der Waals surface area contributed by atoms with Crippen LogP contribution >= 0.6 is 0 Å². The van der Waals surface area contributed by atoms with Crippen LogP contribution in [-0.2, 0) is 9.53 Å². The van der Waals surface area contributed by atoms with E-state index in [9.17, 15) is 9.59 Å². The zero-order valence-corrected chi connectivity index (χ0v) is 18.4. The quantitative estimate of drug-likeness (QED) is 0.499. The highest BCUT2D eigenvalue weighted by Gasteiger charge is 2.35. The van der Waals surface area contributed by atoms with Gasteiger partial charge in [0, 0.05) is 31.4 Å². The molecule has 0 radical (unpaired) electrons. The number of nitrogens with one attached hydrogen (secondary N) is 2. The second kappa shape index (κ2) is 10.7. The zero-order valence-electron chi connectivity index (χ0n) is 18.4. The van der Waals surface area contributed by atoms with Crippen LogP contribution in [0.1, 0.15) is 51.5 Å². The smallest absolute Gasteiger partial charge is 0.407 e. The summed E-state index contributed by atoms with van der Waals surface area (Å²) < 4.78 is 11.0. The van der Waals surface area contributed by atoms with Gasteiger partial charge in [-0.25, -0.2) is 4.79 Å². The van der Waals surface area contributed by atoms with E-state index in [2.05, 4.69) is 41.5 Å². The summed E-state index contributed by atoms with van der Waals surface area (Å²) in [6.07, 6.45) is 2.19. The van der Waals surface area contributed by atoms with Crippen molar-refractivity contribution >= 4 is 17.7 Å². The first-order chi connectivity index (χ1) is 14.5. The average molecular weight is 418 g/mol. The highest BCUT2D eigenvalue weighted by molar-refractivity contribution is 5.80. The molecular weight excluding hydrogens is 382 g/mol. The monoisotopic (exact) mass is 417 g/mol. The lowest BCUT2D eigenvalue weighted by Gasteiger charge is -2.31. The largest absolute Gasteiger partial charge is 0.450 e. The Morgan fingerprint density at radius 1 is 1.27 bits per heavy atom. The van der Waals surface area contributed by atoms with Crippen molar-refractivity contribution in [3.05, 3.63) is 23.8 Å². The molecule has 1 fully saturated rings. The topological polar surface area (TPSA) is 79.9 Å². The number of hydrogen-bond donors (Lipinski definition) is 2. The zero-order chi connectivity index (χ0) is 21.5. The molecule has 2 aliphatic heterocycles. The molecule has 0 aromatic heterocycles. The number of amides is 1. The minimum absolute atomic E-state index is 0.0217. The Kier molecular flexibility index (Phi) is 7.96. The number of hydrogen-bond acceptors (Lipinski definition) is 6. The molecule has 3 rings (SSSR count). The van der Waals surface area contributed by atoms with Gasteiger partial charge in [-0.2, -0.15) is 0 Å². The summed E-state index contributed by atoms with van der Waals surface area (Å²) in [7, 11) is 0. The van der Waals surface area contributed by atoms with Crippen molar-refractivity contribution in [3.63, 3.8) is 0 Å². The van der Waals surface area contributed by atoms with Gasteiger partial charge in [0.15, 0.2) is 0 Å². The first-order valence-corrected chi connectivity index (χ1v) is 11.2. The van der Waals surface area contributed by atoms with Gasteiger partial charge in [-0.3, -0.25) is 4.79 Å². The lowest BCUT2D eigenvalue weighted by molar-refractivity contribution is -0.141. The number of carbonyl (C=O) groups is 2. The van der Waals surface area contributed by atoms with Crippen molar-refractivity contribution in [2.24, 2.45) is 11.8 Å². The number of esters is 1. The predicted molar refractivity (Wildman–Crippen MR) is 117 cm³/mol. The van der Waals surface area contributed by atoms with Gasteiger partial charge in [0.25, 0.3) is 0 Å². The molecule has 1 aromatic carbocycles. The van der Waals surface area contributed by atoms with E-state index in [0.717, 1.165) is 50.3 Å². The van der Waals surface area contributed by atoms with Crippen LogP contribution in [0.15, 0.2) is 18.2 Å². The van der Waals surface area contributed by atoms with Gasteiger partial charge < -0.3 is 25.0 Å². The SMILES string of the molecule is CCN(CC)c1ccc2c(c1)OC(=O)C(CCOC(=O)NCC1CCNCC1)C2C. The maximum Gasteiger partial charge on any atom is 0.407 e. The molecule has 30 heavy (non-hydrogen) atoms. The molecule has 7 heteroatoms. The summed E-state index contributed by atoms with van der Waals surface area (Å²) in [5, 5.41) is 6.16. The van der Waals surface area contributed by atoms with Crippen LogP contribution in [0.25, 0.3) is 0 Å². The van der Waals surface area contributed by atoms with E-state index in [1.54, 1.807) is 0 Å². The van der Waals surface area contributed by atoms with Gasteiger partial charge >= 0.3 is 12.1 Å². The Labute approximate surface area is 179 Å². The molecule has 1 aromatic rings.